The van der Waals surface area contributed by atoms with Crippen LogP contribution in [0.15, 0.2) is 53.4 Å². The first kappa shape index (κ1) is 25.4. The minimum atomic E-state index is -3.69. The number of benzene rings is 2. The van der Waals surface area contributed by atoms with Crippen molar-refractivity contribution in [3.8, 4) is 5.75 Å². The van der Waals surface area contributed by atoms with E-state index in [1.54, 1.807) is 24.3 Å². The first-order valence-electron chi connectivity index (χ1n) is 10.3. The van der Waals surface area contributed by atoms with Crippen LogP contribution in [-0.2, 0) is 32.1 Å². The molecule has 0 aliphatic heterocycles. The molecule has 2 rings (SSSR count). The van der Waals surface area contributed by atoms with Crippen LogP contribution in [0.2, 0.25) is 0 Å². The van der Waals surface area contributed by atoms with Gasteiger partial charge in [-0.25, -0.2) is 8.42 Å². The van der Waals surface area contributed by atoms with E-state index in [0.29, 0.717) is 12.5 Å². The van der Waals surface area contributed by atoms with E-state index in [-0.39, 0.29) is 22.6 Å². The van der Waals surface area contributed by atoms with Crippen molar-refractivity contribution in [1.29, 1.82) is 0 Å². The van der Waals surface area contributed by atoms with E-state index in [1.165, 1.54) is 16.4 Å². The Morgan fingerprint density at radius 3 is 1.90 bits per heavy atom. The Hall–Kier alpha value is -1.90. The molecule has 0 atom stereocenters. The molecular formula is C23H33NO5S2. The second-order valence-electron chi connectivity index (χ2n) is 9.23. The highest BCUT2D eigenvalue weighted by Crippen LogP contribution is 2.26. The third kappa shape index (κ3) is 7.63. The summed E-state index contributed by atoms with van der Waals surface area (Å²) in [5.41, 5.74) is 1.76. The number of hydrogen-bond donors (Lipinski definition) is 0. The van der Waals surface area contributed by atoms with Crippen molar-refractivity contribution >= 4 is 20.1 Å². The Balaban J connectivity index is 2.30. The first-order valence-corrected chi connectivity index (χ1v) is 13.5. The summed E-state index contributed by atoms with van der Waals surface area (Å²) in [5.74, 6) is 0.548. The maximum absolute atomic E-state index is 13.4. The van der Waals surface area contributed by atoms with E-state index in [1.807, 2.05) is 12.1 Å². The molecule has 0 N–H and O–H groups in total. The average molecular weight is 468 g/mol. The zero-order valence-corrected chi connectivity index (χ0v) is 20.8. The molecule has 8 heteroatoms. The van der Waals surface area contributed by atoms with Crippen LogP contribution in [0.1, 0.15) is 52.2 Å². The summed E-state index contributed by atoms with van der Waals surface area (Å²) in [6, 6.07) is 13.5. The highest BCUT2D eigenvalue weighted by Gasteiger charge is 2.25. The largest absolute Gasteiger partial charge is 0.383 e. The molecule has 6 nitrogen and oxygen atoms in total. The summed E-state index contributed by atoms with van der Waals surface area (Å²) in [6.45, 7) is 11.0. The second kappa shape index (κ2) is 9.71. The van der Waals surface area contributed by atoms with Crippen LogP contribution < -0.4 is 4.18 Å². The molecule has 0 saturated carbocycles. The Morgan fingerprint density at radius 1 is 0.903 bits per heavy atom. The first-order chi connectivity index (χ1) is 14.2. The van der Waals surface area contributed by atoms with Gasteiger partial charge in [0.15, 0.2) is 0 Å². The monoisotopic (exact) mass is 467 g/mol. The van der Waals surface area contributed by atoms with Crippen molar-refractivity contribution in [1.82, 2.24) is 4.31 Å². The van der Waals surface area contributed by atoms with Gasteiger partial charge in [-0.3, -0.25) is 0 Å². The Morgan fingerprint density at radius 2 is 1.45 bits per heavy atom. The van der Waals surface area contributed by atoms with Crippen LogP contribution >= 0.6 is 0 Å². The molecule has 0 aliphatic rings. The van der Waals surface area contributed by atoms with Gasteiger partial charge in [0, 0.05) is 13.1 Å². The van der Waals surface area contributed by atoms with Gasteiger partial charge in [-0.2, -0.15) is 12.7 Å². The minimum absolute atomic E-state index is 0.0601. The van der Waals surface area contributed by atoms with Gasteiger partial charge in [-0.1, -0.05) is 58.9 Å². The topological polar surface area (TPSA) is 80.8 Å². The van der Waals surface area contributed by atoms with Crippen molar-refractivity contribution in [2.24, 2.45) is 5.92 Å². The van der Waals surface area contributed by atoms with Gasteiger partial charge in [0.05, 0.1) is 11.2 Å². The molecule has 0 amide bonds. The van der Waals surface area contributed by atoms with Gasteiger partial charge < -0.3 is 4.18 Å². The lowest BCUT2D eigenvalue weighted by molar-refractivity contribution is 0.375. The number of rotatable bonds is 9. The Kier molecular flexibility index (Phi) is 7.94. The van der Waals surface area contributed by atoms with Crippen molar-refractivity contribution < 1.29 is 21.0 Å². The van der Waals surface area contributed by atoms with Crippen molar-refractivity contribution in [3.63, 3.8) is 0 Å². The fourth-order valence-electron chi connectivity index (χ4n) is 2.99. The molecule has 0 aromatic heterocycles. The molecular weight excluding hydrogens is 434 g/mol. The maximum Gasteiger partial charge on any atom is 0.306 e. The summed E-state index contributed by atoms with van der Waals surface area (Å²) in [6.07, 6.45) is 1.71. The zero-order valence-electron chi connectivity index (χ0n) is 19.1. The predicted octanol–water partition coefficient (Wildman–Crippen LogP) is 4.56. The van der Waals surface area contributed by atoms with Gasteiger partial charge >= 0.3 is 10.1 Å². The smallest absolute Gasteiger partial charge is 0.306 e. The third-order valence-electron chi connectivity index (χ3n) is 4.84. The van der Waals surface area contributed by atoms with Crippen LogP contribution in [0.5, 0.6) is 5.75 Å². The summed E-state index contributed by atoms with van der Waals surface area (Å²) < 4.78 is 55.7. The molecule has 0 fully saturated rings. The maximum atomic E-state index is 13.4. The van der Waals surface area contributed by atoms with Crippen LogP contribution in [0.3, 0.4) is 0 Å². The Bertz CT molecular complexity index is 1070. The molecule has 0 radical (unpaired) electrons. The molecule has 0 saturated heterocycles. The Labute approximate surface area is 187 Å². The highest BCUT2D eigenvalue weighted by molar-refractivity contribution is 7.89. The molecule has 0 unspecified atom stereocenters. The van der Waals surface area contributed by atoms with Gasteiger partial charge in [0.25, 0.3) is 0 Å². The summed E-state index contributed by atoms with van der Waals surface area (Å²) in [7, 11) is -7.30. The summed E-state index contributed by atoms with van der Waals surface area (Å²) in [4.78, 5) is 0.265. The molecule has 0 aliphatic carbocycles. The van der Waals surface area contributed by atoms with Gasteiger partial charge in [0.1, 0.15) is 5.75 Å². The fourth-order valence-corrected chi connectivity index (χ4v) is 4.89. The second-order valence-corrected chi connectivity index (χ2v) is 12.7. The van der Waals surface area contributed by atoms with Crippen LogP contribution in [-0.4, -0.2) is 33.9 Å². The van der Waals surface area contributed by atoms with E-state index in [2.05, 4.69) is 34.6 Å². The van der Waals surface area contributed by atoms with Crippen LogP contribution in [0, 0.1) is 5.92 Å². The van der Waals surface area contributed by atoms with E-state index in [4.69, 9.17) is 4.18 Å². The average Bonchev–Trinajstić information content (AvgIpc) is 2.64. The number of sulfonamides is 1. The molecule has 31 heavy (non-hydrogen) atoms. The SMILES string of the molecule is CC(C)CCN(Cc1ccc(OS(C)(=O)=O)cc1)S(=O)(=O)c1ccc(C(C)(C)C)cc1. The van der Waals surface area contributed by atoms with Crippen molar-refractivity contribution in [3.05, 3.63) is 59.7 Å². The molecule has 0 bridgehead atoms. The van der Waals surface area contributed by atoms with E-state index in [9.17, 15) is 16.8 Å². The molecule has 2 aromatic carbocycles. The van der Waals surface area contributed by atoms with E-state index in [0.717, 1.165) is 23.8 Å². The zero-order chi connectivity index (χ0) is 23.4. The summed E-state index contributed by atoms with van der Waals surface area (Å²) in [5, 5.41) is 0. The van der Waals surface area contributed by atoms with E-state index < -0.39 is 20.1 Å². The molecule has 172 valence electrons. The number of nitrogens with zero attached hydrogens (tertiary/aromatic N) is 1. The van der Waals surface area contributed by atoms with Gasteiger partial charge in [0.2, 0.25) is 10.0 Å². The lowest BCUT2D eigenvalue weighted by Crippen LogP contribution is -2.32. The highest BCUT2D eigenvalue weighted by atomic mass is 32.2. The quantitative estimate of drug-likeness (QED) is 0.505. The third-order valence-corrected chi connectivity index (χ3v) is 7.20. The van der Waals surface area contributed by atoms with Crippen LogP contribution in [0.25, 0.3) is 0 Å². The predicted molar refractivity (Wildman–Crippen MR) is 124 cm³/mol. The lowest BCUT2D eigenvalue weighted by Gasteiger charge is -2.24. The fraction of sp³-hybridized carbons (Fsp3) is 0.478. The normalized spacial score (nSPS) is 13.0. The minimum Gasteiger partial charge on any atom is -0.383 e. The molecule has 0 spiro atoms. The summed E-state index contributed by atoms with van der Waals surface area (Å²) >= 11 is 0. The van der Waals surface area contributed by atoms with E-state index >= 15 is 0 Å². The number of hydrogen-bond acceptors (Lipinski definition) is 5. The van der Waals surface area contributed by atoms with Crippen molar-refractivity contribution in [2.45, 2.75) is 57.9 Å². The van der Waals surface area contributed by atoms with Crippen molar-refractivity contribution in [2.75, 3.05) is 12.8 Å². The molecule has 0 heterocycles. The standard InChI is InChI=1S/C23H33NO5S2/c1-18(2)15-16-24(17-19-7-11-21(12-8-19)29-30(6,25)26)31(27,28)22-13-9-20(10-14-22)23(3,4)5/h7-14,18H,15-17H2,1-6H3. The van der Waals surface area contributed by atoms with Gasteiger partial charge in [-0.15, -0.1) is 0 Å². The molecule has 2 aromatic rings. The van der Waals surface area contributed by atoms with Gasteiger partial charge in [-0.05, 0) is 53.1 Å². The van der Waals surface area contributed by atoms with Crippen LogP contribution in [0.4, 0.5) is 0 Å². The lowest BCUT2D eigenvalue weighted by atomic mass is 9.87.